The first-order valence-corrected chi connectivity index (χ1v) is 6.37. The van der Waals surface area contributed by atoms with Gasteiger partial charge in [0, 0.05) is 12.6 Å². The highest BCUT2D eigenvalue weighted by Crippen LogP contribution is 2.27. The Balaban J connectivity index is 2.55. The smallest absolute Gasteiger partial charge is 0.257 e. The van der Waals surface area contributed by atoms with Gasteiger partial charge in [-0.3, -0.25) is 4.79 Å². The molecule has 1 aromatic carbocycles. The quantitative estimate of drug-likeness (QED) is 0.833. The molecule has 0 heterocycles. The van der Waals surface area contributed by atoms with Crippen molar-refractivity contribution in [3.8, 4) is 5.75 Å². The van der Waals surface area contributed by atoms with Crippen molar-refractivity contribution in [2.24, 2.45) is 5.73 Å². The molecule has 0 bridgehead atoms. The third kappa shape index (κ3) is 4.55. The summed E-state index contributed by atoms with van der Waals surface area (Å²) in [6.45, 7) is 4.49. The van der Waals surface area contributed by atoms with E-state index in [0.29, 0.717) is 17.3 Å². The number of hydrogen-bond acceptors (Lipinski definition) is 3. The fraction of sp³-hybridized carbons (Fsp3) is 0.462. The second-order valence-electron chi connectivity index (χ2n) is 4.12. The fourth-order valence-corrected chi connectivity index (χ4v) is 1.62. The zero-order valence-electron chi connectivity index (χ0n) is 10.7. The number of nitrogens with one attached hydrogen (secondary N) is 1. The number of amides is 1. The van der Waals surface area contributed by atoms with E-state index in [-0.39, 0.29) is 18.6 Å². The molecule has 0 saturated heterocycles. The van der Waals surface area contributed by atoms with Gasteiger partial charge >= 0.3 is 0 Å². The predicted molar refractivity (Wildman–Crippen MR) is 72.9 cm³/mol. The Bertz CT molecular complexity index is 408. The fourth-order valence-electron chi connectivity index (χ4n) is 1.38. The van der Waals surface area contributed by atoms with Crippen LogP contribution in [0.5, 0.6) is 5.75 Å². The molecule has 0 spiro atoms. The van der Waals surface area contributed by atoms with Crippen molar-refractivity contribution in [3.63, 3.8) is 0 Å². The van der Waals surface area contributed by atoms with Crippen LogP contribution in [0.2, 0.25) is 5.02 Å². The average Bonchev–Trinajstić information content (AvgIpc) is 2.34. The van der Waals surface area contributed by atoms with Gasteiger partial charge in [0.05, 0.1) is 5.02 Å². The Labute approximate surface area is 112 Å². The van der Waals surface area contributed by atoms with Crippen molar-refractivity contribution in [2.45, 2.75) is 26.3 Å². The topological polar surface area (TPSA) is 64.3 Å². The number of carbonyl (C=O) groups is 1. The van der Waals surface area contributed by atoms with Gasteiger partial charge < -0.3 is 15.8 Å². The molecule has 3 N–H and O–H groups in total. The Morgan fingerprint density at radius 3 is 2.83 bits per heavy atom. The maximum absolute atomic E-state index is 11.4. The largest absolute Gasteiger partial charge is 0.482 e. The van der Waals surface area contributed by atoms with Crippen molar-refractivity contribution in [2.75, 3.05) is 13.2 Å². The second-order valence-corrected chi connectivity index (χ2v) is 4.52. The maximum Gasteiger partial charge on any atom is 0.257 e. The molecule has 1 aromatic rings. The Hall–Kier alpha value is -1.26. The van der Waals surface area contributed by atoms with Gasteiger partial charge in [0.1, 0.15) is 5.75 Å². The van der Waals surface area contributed by atoms with Crippen LogP contribution in [0.25, 0.3) is 0 Å². The van der Waals surface area contributed by atoms with Gasteiger partial charge in [0.2, 0.25) is 0 Å². The highest BCUT2D eigenvalue weighted by molar-refractivity contribution is 6.32. The first-order chi connectivity index (χ1) is 8.54. The van der Waals surface area contributed by atoms with Crippen molar-refractivity contribution in [1.29, 1.82) is 0 Å². The lowest BCUT2D eigenvalue weighted by Gasteiger charge is -2.11. The Kier molecular flexibility index (Phi) is 5.95. The van der Waals surface area contributed by atoms with E-state index in [1.54, 1.807) is 12.1 Å². The first kappa shape index (κ1) is 14.8. The molecule has 1 atom stereocenters. The van der Waals surface area contributed by atoms with E-state index in [4.69, 9.17) is 22.1 Å². The number of rotatable bonds is 6. The molecule has 0 aromatic heterocycles. The third-order valence-electron chi connectivity index (χ3n) is 2.41. The molecule has 0 saturated carbocycles. The molecule has 100 valence electrons. The zero-order valence-corrected chi connectivity index (χ0v) is 11.5. The lowest BCUT2D eigenvalue weighted by atomic mass is 10.1. The molecule has 0 radical (unpaired) electrons. The molecular formula is C13H19ClN2O2. The molecule has 4 nitrogen and oxygen atoms in total. The van der Waals surface area contributed by atoms with Crippen LogP contribution in [0.15, 0.2) is 18.2 Å². The molecule has 0 aliphatic rings. The molecule has 18 heavy (non-hydrogen) atoms. The minimum atomic E-state index is -0.149. The predicted octanol–water partition coefficient (Wildman–Crippen LogP) is 2.26. The minimum Gasteiger partial charge on any atom is -0.482 e. The van der Waals surface area contributed by atoms with Crippen molar-refractivity contribution in [3.05, 3.63) is 28.8 Å². The number of ether oxygens (including phenoxy) is 1. The summed E-state index contributed by atoms with van der Waals surface area (Å²) >= 11 is 6.05. The summed E-state index contributed by atoms with van der Waals surface area (Å²) in [7, 11) is 0. The first-order valence-electron chi connectivity index (χ1n) is 5.99. The number of halogens is 1. The van der Waals surface area contributed by atoms with Gasteiger partial charge in [-0.2, -0.15) is 0 Å². The Morgan fingerprint density at radius 2 is 2.28 bits per heavy atom. The van der Waals surface area contributed by atoms with E-state index >= 15 is 0 Å². The normalized spacial score (nSPS) is 12.0. The van der Waals surface area contributed by atoms with E-state index in [2.05, 4.69) is 5.32 Å². The molecule has 0 aliphatic carbocycles. The second kappa shape index (κ2) is 7.24. The van der Waals surface area contributed by atoms with Crippen LogP contribution in [-0.4, -0.2) is 19.1 Å². The van der Waals surface area contributed by atoms with Gasteiger partial charge in [0.15, 0.2) is 6.61 Å². The third-order valence-corrected chi connectivity index (χ3v) is 2.71. The zero-order chi connectivity index (χ0) is 13.5. The summed E-state index contributed by atoms with van der Waals surface area (Å²) in [5.74, 6) is 0.344. The molecule has 0 fully saturated rings. The van der Waals surface area contributed by atoms with Crippen molar-refractivity contribution in [1.82, 2.24) is 5.32 Å². The molecule has 0 aliphatic heterocycles. The Morgan fingerprint density at radius 1 is 1.56 bits per heavy atom. The molecule has 0 unspecified atom stereocenters. The van der Waals surface area contributed by atoms with E-state index < -0.39 is 0 Å². The van der Waals surface area contributed by atoms with Crippen LogP contribution < -0.4 is 15.8 Å². The monoisotopic (exact) mass is 270 g/mol. The van der Waals surface area contributed by atoms with Gasteiger partial charge in [-0.25, -0.2) is 0 Å². The van der Waals surface area contributed by atoms with Crippen LogP contribution in [-0.2, 0) is 4.79 Å². The van der Waals surface area contributed by atoms with Gasteiger partial charge in [-0.1, -0.05) is 24.6 Å². The highest BCUT2D eigenvalue weighted by atomic mass is 35.5. The van der Waals surface area contributed by atoms with Crippen LogP contribution >= 0.6 is 11.6 Å². The van der Waals surface area contributed by atoms with Gasteiger partial charge in [-0.15, -0.1) is 0 Å². The summed E-state index contributed by atoms with van der Waals surface area (Å²) < 4.78 is 5.35. The summed E-state index contributed by atoms with van der Waals surface area (Å²) in [6, 6.07) is 5.25. The average molecular weight is 271 g/mol. The van der Waals surface area contributed by atoms with Gasteiger partial charge in [-0.05, 0) is 31.0 Å². The van der Waals surface area contributed by atoms with E-state index in [1.165, 1.54) is 0 Å². The summed E-state index contributed by atoms with van der Waals surface area (Å²) in [5.41, 5.74) is 6.68. The summed E-state index contributed by atoms with van der Waals surface area (Å²) in [6.07, 6.45) is 0.898. The van der Waals surface area contributed by atoms with Crippen LogP contribution in [0.1, 0.15) is 31.9 Å². The lowest BCUT2D eigenvalue weighted by Crippen LogP contribution is -2.29. The highest BCUT2D eigenvalue weighted by Gasteiger charge is 2.07. The molecular weight excluding hydrogens is 252 g/mol. The van der Waals surface area contributed by atoms with E-state index in [1.807, 2.05) is 19.9 Å². The molecule has 1 rings (SSSR count). The summed E-state index contributed by atoms with van der Waals surface area (Å²) in [5, 5.41) is 3.19. The number of carbonyl (C=O) groups excluding carboxylic acids is 1. The van der Waals surface area contributed by atoms with Crippen molar-refractivity contribution >= 4 is 17.5 Å². The number of benzene rings is 1. The lowest BCUT2D eigenvalue weighted by molar-refractivity contribution is -0.123. The van der Waals surface area contributed by atoms with Crippen LogP contribution in [0.4, 0.5) is 0 Å². The van der Waals surface area contributed by atoms with Crippen LogP contribution in [0, 0.1) is 0 Å². The number of hydrogen-bond donors (Lipinski definition) is 2. The minimum absolute atomic E-state index is 0.0305. The molecule has 5 heteroatoms. The summed E-state index contributed by atoms with van der Waals surface area (Å²) in [4.78, 5) is 11.4. The maximum atomic E-state index is 11.4. The molecule has 1 amide bonds. The van der Waals surface area contributed by atoms with Crippen LogP contribution in [0.3, 0.4) is 0 Å². The number of nitrogens with two attached hydrogens (primary N) is 1. The van der Waals surface area contributed by atoms with Crippen molar-refractivity contribution < 1.29 is 9.53 Å². The van der Waals surface area contributed by atoms with Gasteiger partial charge in [0.25, 0.3) is 5.91 Å². The standard InChI is InChI=1S/C13H19ClN2O2/c1-3-6-16-13(17)8-18-12-5-4-10(9(2)15)7-11(12)14/h4-5,7,9H,3,6,8,15H2,1-2H3,(H,16,17)/t9-/m0/s1. The van der Waals surface area contributed by atoms with E-state index in [9.17, 15) is 4.79 Å². The SMILES string of the molecule is CCCNC(=O)COc1ccc([C@H](C)N)cc1Cl. The van der Waals surface area contributed by atoms with E-state index in [0.717, 1.165) is 12.0 Å².